The van der Waals surface area contributed by atoms with E-state index < -0.39 is 0 Å². The Labute approximate surface area is 108 Å². The third-order valence-corrected chi connectivity index (χ3v) is 3.77. The third-order valence-electron chi connectivity index (χ3n) is 3.77. The van der Waals surface area contributed by atoms with E-state index in [1.807, 2.05) is 19.1 Å². The molecule has 1 heterocycles. The predicted octanol–water partition coefficient (Wildman–Crippen LogP) is 2.67. The summed E-state index contributed by atoms with van der Waals surface area (Å²) < 4.78 is 12.8. The molecule has 2 rings (SSSR count). The molecule has 1 aliphatic rings. The van der Waals surface area contributed by atoms with Gasteiger partial charge < -0.3 is 0 Å². The minimum atomic E-state index is -0.191. The first-order valence-corrected chi connectivity index (χ1v) is 6.57. The summed E-state index contributed by atoms with van der Waals surface area (Å²) in [5.41, 5.74) is 1.15. The number of rotatable bonds is 3. The molecule has 2 nitrogen and oxygen atoms in total. The number of piperidine rings is 1. The Morgan fingerprint density at radius 2 is 2.06 bits per heavy atom. The van der Waals surface area contributed by atoms with E-state index in [9.17, 15) is 9.18 Å². The fraction of sp³-hybridized carbons (Fsp3) is 0.533. The van der Waals surface area contributed by atoms with Crippen LogP contribution in [0.2, 0.25) is 0 Å². The van der Waals surface area contributed by atoms with Gasteiger partial charge in [0.15, 0.2) is 0 Å². The van der Waals surface area contributed by atoms with Gasteiger partial charge in [-0.05, 0) is 31.0 Å². The van der Waals surface area contributed by atoms with E-state index in [1.54, 1.807) is 0 Å². The number of nitrogens with zero attached hydrogens (tertiary/aromatic N) is 1. The fourth-order valence-electron chi connectivity index (χ4n) is 2.54. The molecule has 0 aromatic heterocycles. The van der Waals surface area contributed by atoms with Crippen molar-refractivity contribution in [2.75, 3.05) is 13.1 Å². The van der Waals surface area contributed by atoms with Gasteiger partial charge in [-0.25, -0.2) is 4.39 Å². The van der Waals surface area contributed by atoms with Crippen LogP contribution in [0.5, 0.6) is 0 Å². The molecule has 0 spiro atoms. The second-order valence-electron chi connectivity index (χ2n) is 5.29. The normalized spacial score (nSPS) is 23.1. The van der Waals surface area contributed by atoms with Crippen LogP contribution in [-0.2, 0) is 11.2 Å². The van der Waals surface area contributed by atoms with Gasteiger partial charge in [0.2, 0.25) is 0 Å². The highest BCUT2D eigenvalue weighted by atomic mass is 19.1. The molecule has 0 bridgehead atoms. The van der Waals surface area contributed by atoms with Gasteiger partial charge in [-0.2, -0.15) is 0 Å². The summed E-state index contributed by atoms with van der Waals surface area (Å²) in [5, 5.41) is 0. The summed E-state index contributed by atoms with van der Waals surface area (Å²) >= 11 is 0. The first-order valence-electron chi connectivity index (χ1n) is 6.57. The molecule has 0 saturated carbocycles. The zero-order valence-electron chi connectivity index (χ0n) is 11.0. The van der Waals surface area contributed by atoms with Gasteiger partial charge in [-0.15, -0.1) is 0 Å². The van der Waals surface area contributed by atoms with Gasteiger partial charge in [-0.1, -0.05) is 19.1 Å². The molecule has 3 heteroatoms. The molecule has 98 valence electrons. The number of halogens is 1. The molecule has 1 fully saturated rings. The van der Waals surface area contributed by atoms with Crippen molar-refractivity contribution >= 4 is 5.78 Å². The number of benzene rings is 1. The van der Waals surface area contributed by atoms with Crippen molar-refractivity contribution in [1.82, 2.24) is 4.90 Å². The van der Waals surface area contributed by atoms with Crippen LogP contribution in [0.3, 0.4) is 0 Å². The maximum absolute atomic E-state index is 12.8. The zero-order valence-corrected chi connectivity index (χ0v) is 11.0. The van der Waals surface area contributed by atoms with Crippen LogP contribution >= 0.6 is 0 Å². The van der Waals surface area contributed by atoms with Crippen LogP contribution in [0.15, 0.2) is 24.3 Å². The highest BCUT2D eigenvalue weighted by molar-refractivity contribution is 5.81. The van der Waals surface area contributed by atoms with E-state index in [4.69, 9.17) is 0 Å². The van der Waals surface area contributed by atoms with E-state index in [-0.39, 0.29) is 11.7 Å². The van der Waals surface area contributed by atoms with Gasteiger partial charge in [0.1, 0.15) is 11.6 Å². The van der Waals surface area contributed by atoms with E-state index in [0.29, 0.717) is 18.2 Å². The third kappa shape index (κ3) is 3.16. The molecule has 0 amide bonds. The van der Waals surface area contributed by atoms with Crippen LogP contribution in [0.1, 0.15) is 25.8 Å². The average Bonchev–Trinajstić information content (AvgIpc) is 2.35. The fourth-order valence-corrected chi connectivity index (χ4v) is 2.54. The van der Waals surface area contributed by atoms with Crippen LogP contribution < -0.4 is 0 Å². The van der Waals surface area contributed by atoms with E-state index in [1.165, 1.54) is 12.1 Å². The van der Waals surface area contributed by atoms with E-state index in [2.05, 4.69) is 11.8 Å². The molecule has 1 aromatic carbocycles. The van der Waals surface area contributed by atoms with Crippen molar-refractivity contribution in [3.63, 3.8) is 0 Å². The molecular weight excluding hydrogens is 229 g/mol. The van der Waals surface area contributed by atoms with Crippen molar-refractivity contribution in [3.05, 3.63) is 35.6 Å². The number of carbonyl (C=O) groups excluding carboxylic acids is 1. The predicted molar refractivity (Wildman–Crippen MR) is 69.9 cm³/mol. The van der Waals surface area contributed by atoms with Gasteiger partial charge >= 0.3 is 0 Å². The maximum Gasteiger partial charge on any atom is 0.138 e. The Morgan fingerprint density at radius 1 is 1.39 bits per heavy atom. The van der Waals surface area contributed by atoms with E-state index in [0.717, 1.165) is 25.1 Å². The summed E-state index contributed by atoms with van der Waals surface area (Å²) in [4.78, 5) is 13.8. The van der Waals surface area contributed by atoms with Crippen LogP contribution in [0.25, 0.3) is 0 Å². The Kier molecular flexibility index (Phi) is 4.12. The zero-order chi connectivity index (χ0) is 13.1. The largest absolute Gasteiger partial charge is 0.299 e. The van der Waals surface area contributed by atoms with Crippen LogP contribution in [-0.4, -0.2) is 29.8 Å². The van der Waals surface area contributed by atoms with Gasteiger partial charge in [-0.3, -0.25) is 9.69 Å². The average molecular weight is 249 g/mol. The lowest BCUT2D eigenvalue weighted by molar-refractivity contribution is -0.126. The topological polar surface area (TPSA) is 20.3 Å². The Hall–Kier alpha value is -1.22. The van der Waals surface area contributed by atoms with Crippen molar-refractivity contribution in [2.45, 2.75) is 32.7 Å². The molecule has 2 unspecified atom stereocenters. The van der Waals surface area contributed by atoms with Crippen molar-refractivity contribution in [1.29, 1.82) is 0 Å². The molecule has 0 radical (unpaired) electrons. The quantitative estimate of drug-likeness (QED) is 0.821. The smallest absolute Gasteiger partial charge is 0.138 e. The molecule has 0 N–H and O–H groups in total. The summed E-state index contributed by atoms with van der Waals surface area (Å²) in [5.74, 6) is 0.332. The molecular formula is C15H20FNO. The number of hydrogen-bond donors (Lipinski definition) is 0. The maximum atomic E-state index is 12.8. The molecule has 1 saturated heterocycles. The lowest BCUT2D eigenvalue weighted by atomic mass is 9.96. The first-order chi connectivity index (χ1) is 8.56. The lowest BCUT2D eigenvalue weighted by Crippen LogP contribution is -2.45. The van der Waals surface area contributed by atoms with Crippen LogP contribution in [0.4, 0.5) is 4.39 Å². The SMILES string of the molecule is CC1CN(C(C)Cc2ccc(F)cc2)CCC1=O. The number of likely N-dealkylation sites (tertiary alicyclic amines) is 1. The highest BCUT2D eigenvalue weighted by Gasteiger charge is 2.26. The van der Waals surface area contributed by atoms with Crippen molar-refractivity contribution in [3.8, 4) is 0 Å². The van der Waals surface area contributed by atoms with Crippen molar-refractivity contribution < 1.29 is 9.18 Å². The second-order valence-corrected chi connectivity index (χ2v) is 5.29. The minimum Gasteiger partial charge on any atom is -0.299 e. The number of hydrogen-bond acceptors (Lipinski definition) is 2. The summed E-state index contributed by atoms with van der Waals surface area (Å²) in [6.07, 6.45) is 1.57. The number of Topliss-reactive ketones (excluding diaryl/α,β-unsaturated/α-hetero) is 1. The number of ketones is 1. The number of carbonyl (C=O) groups is 1. The Balaban J connectivity index is 1.93. The Morgan fingerprint density at radius 3 is 2.67 bits per heavy atom. The van der Waals surface area contributed by atoms with Gasteiger partial charge in [0.05, 0.1) is 0 Å². The molecule has 0 aliphatic carbocycles. The standard InChI is InChI=1S/C15H20FNO/c1-11-10-17(8-7-15(11)18)12(2)9-13-3-5-14(16)6-4-13/h3-6,11-12H,7-10H2,1-2H3. The summed E-state index contributed by atoms with van der Waals surface area (Å²) in [7, 11) is 0. The van der Waals surface area contributed by atoms with Crippen molar-refractivity contribution in [2.24, 2.45) is 5.92 Å². The second kappa shape index (κ2) is 5.61. The monoisotopic (exact) mass is 249 g/mol. The van der Waals surface area contributed by atoms with Gasteiger partial charge in [0.25, 0.3) is 0 Å². The van der Waals surface area contributed by atoms with Gasteiger partial charge in [0, 0.05) is 31.5 Å². The van der Waals surface area contributed by atoms with E-state index >= 15 is 0 Å². The lowest BCUT2D eigenvalue weighted by Gasteiger charge is -2.34. The van der Waals surface area contributed by atoms with Crippen LogP contribution in [0, 0.1) is 11.7 Å². The molecule has 1 aliphatic heterocycles. The molecule has 1 aromatic rings. The summed E-state index contributed by atoms with van der Waals surface area (Å²) in [6.45, 7) is 5.87. The highest BCUT2D eigenvalue weighted by Crippen LogP contribution is 2.17. The molecule has 2 atom stereocenters. The molecule has 18 heavy (non-hydrogen) atoms. The Bertz CT molecular complexity index is 415. The first kappa shape index (κ1) is 13.2. The summed E-state index contributed by atoms with van der Waals surface area (Å²) in [6, 6.07) is 7.08. The minimum absolute atomic E-state index is 0.148.